The summed E-state index contributed by atoms with van der Waals surface area (Å²) in [6, 6.07) is 0. The summed E-state index contributed by atoms with van der Waals surface area (Å²) in [5.41, 5.74) is 3.95. The van der Waals surface area contributed by atoms with Crippen LogP contribution in [0.1, 0.15) is 36.5 Å². The monoisotopic (exact) mass is 287 g/mol. The van der Waals surface area contributed by atoms with E-state index in [-0.39, 0.29) is 5.92 Å². The number of hydrogen-bond acceptors (Lipinski definition) is 3. The van der Waals surface area contributed by atoms with Crippen LogP contribution in [0.2, 0.25) is 0 Å². The standard InChI is InChI=1S/C17H25N3O/c1-12-6-13(7-12)17(21)20-5-4-16-14(10-19(2)3)8-18-9-15(16)11-20/h8-9,12-13H,4-7,10-11H2,1-3H3. The van der Waals surface area contributed by atoms with E-state index in [2.05, 4.69) is 30.9 Å². The summed E-state index contributed by atoms with van der Waals surface area (Å²) in [6.07, 6.45) is 7.03. The highest BCUT2D eigenvalue weighted by molar-refractivity contribution is 5.80. The van der Waals surface area contributed by atoms with Gasteiger partial charge in [0.25, 0.3) is 0 Å². The molecule has 2 aliphatic rings. The van der Waals surface area contributed by atoms with Gasteiger partial charge in [-0.2, -0.15) is 0 Å². The summed E-state index contributed by atoms with van der Waals surface area (Å²) in [5.74, 6) is 1.36. The first-order valence-electron chi connectivity index (χ1n) is 7.92. The zero-order chi connectivity index (χ0) is 15.0. The molecule has 3 rings (SSSR count). The molecule has 21 heavy (non-hydrogen) atoms. The summed E-state index contributed by atoms with van der Waals surface area (Å²) in [6.45, 7) is 4.76. The number of fused-ring (bicyclic) bond motifs is 1. The molecular formula is C17H25N3O. The zero-order valence-electron chi connectivity index (χ0n) is 13.3. The van der Waals surface area contributed by atoms with E-state index < -0.39 is 0 Å². The molecule has 0 radical (unpaired) electrons. The van der Waals surface area contributed by atoms with Crippen molar-refractivity contribution in [3.63, 3.8) is 0 Å². The van der Waals surface area contributed by atoms with Gasteiger partial charge >= 0.3 is 0 Å². The Morgan fingerprint density at radius 1 is 1.38 bits per heavy atom. The van der Waals surface area contributed by atoms with Crippen molar-refractivity contribution in [1.29, 1.82) is 0 Å². The first-order valence-corrected chi connectivity index (χ1v) is 7.92. The van der Waals surface area contributed by atoms with Crippen molar-refractivity contribution in [1.82, 2.24) is 14.8 Å². The minimum atomic E-state index is 0.277. The van der Waals surface area contributed by atoms with Crippen LogP contribution in [-0.2, 0) is 24.3 Å². The van der Waals surface area contributed by atoms with E-state index in [4.69, 9.17) is 0 Å². The lowest BCUT2D eigenvalue weighted by atomic mass is 9.75. The molecule has 1 aromatic heterocycles. The van der Waals surface area contributed by atoms with Gasteiger partial charge < -0.3 is 9.80 Å². The van der Waals surface area contributed by atoms with Crippen LogP contribution in [0.3, 0.4) is 0 Å². The van der Waals surface area contributed by atoms with E-state index >= 15 is 0 Å². The van der Waals surface area contributed by atoms with Crippen LogP contribution < -0.4 is 0 Å². The van der Waals surface area contributed by atoms with E-state index in [9.17, 15) is 4.79 Å². The predicted octanol–water partition coefficient (Wildman–Crippen LogP) is 2.07. The lowest BCUT2D eigenvalue weighted by Gasteiger charge is -2.38. The third-order valence-corrected chi connectivity index (χ3v) is 4.75. The van der Waals surface area contributed by atoms with Crippen LogP contribution in [-0.4, -0.2) is 41.3 Å². The molecule has 114 valence electrons. The van der Waals surface area contributed by atoms with Crippen LogP contribution in [0.15, 0.2) is 12.4 Å². The maximum Gasteiger partial charge on any atom is 0.226 e. The van der Waals surface area contributed by atoms with E-state index in [1.807, 2.05) is 17.3 Å². The van der Waals surface area contributed by atoms with Crippen molar-refractivity contribution >= 4 is 5.91 Å². The molecule has 0 N–H and O–H groups in total. The largest absolute Gasteiger partial charge is 0.338 e. The molecule has 0 atom stereocenters. The van der Waals surface area contributed by atoms with Gasteiger partial charge in [0.2, 0.25) is 5.91 Å². The second-order valence-electron chi connectivity index (χ2n) is 6.96. The fourth-order valence-electron chi connectivity index (χ4n) is 3.60. The van der Waals surface area contributed by atoms with Crippen LogP contribution in [0.4, 0.5) is 0 Å². The number of hydrogen-bond donors (Lipinski definition) is 0. The van der Waals surface area contributed by atoms with Crippen LogP contribution >= 0.6 is 0 Å². The second-order valence-corrected chi connectivity index (χ2v) is 6.96. The van der Waals surface area contributed by atoms with Crippen molar-refractivity contribution < 1.29 is 4.79 Å². The van der Waals surface area contributed by atoms with Crippen LogP contribution in [0.25, 0.3) is 0 Å². The Morgan fingerprint density at radius 2 is 2.14 bits per heavy atom. The maximum atomic E-state index is 12.5. The molecule has 1 amide bonds. The Kier molecular flexibility index (Phi) is 3.98. The third-order valence-electron chi connectivity index (χ3n) is 4.75. The van der Waals surface area contributed by atoms with Gasteiger partial charge in [-0.3, -0.25) is 9.78 Å². The Hall–Kier alpha value is -1.42. The Balaban J connectivity index is 1.72. The van der Waals surface area contributed by atoms with Gasteiger partial charge in [0.1, 0.15) is 0 Å². The molecule has 1 aliphatic carbocycles. The average molecular weight is 287 g/mol. The number of pyridine rings is 1. The lowest BCUT2D eigenvalue weighted by Crippen LogP contribution is -2.43. The first-order chi connectivity index (χ1) is 10.0. The summed E-state index contributed by atoms with van der Waals surface area (Å²) in [4.78, 5) is 21.1. The molecule has 0 bridgehead atoms. The van der Waals surface area contributed by atoms with Crippen molar-refractivity contribution in [2.24, 2.45) is 11.8 Å². The molecule has 2 heterocycles. The number of carbonyl (C=O) groups excluding carboxylic acids is 1. The van der Waals surface area contributed by atoms with Gasteiger partial charge in [0.15, 0.2) is 0 Å². The van der Waals surface area contributed by atoms with Gasteiger partial charge in [-0.05, 0) is 56.0 Å². The van der Waals surface area contributed by atoms with Gasteiger partial charge in [-0.25, -0.2) is 0 Å². The number of amides is 1. The molecule has 1 fully saturated rings. The normalized spacial score (nSPS) is 24.7. The van der Waals surface area contributed by atoms with Gasteiger partial charge in [-0.1, -0.05) is 6.92 Å². The Morgan fingerprint density at radius 3 is 2.81 bits per heavy atom. The van der Waals surface area contributed by atoms with E-state index in [1.54, 1.807) is 0 Å². The van der Waals surface area contributed by atoms with E-state index in [0.717, 1.165) is 44.8 Å². The van der Waals surface area contributed by atoms with Crippen molar-refractivity contribution in [2.75, 3.05) is 20.6 Å². The number of carbonyl (C=O) groups is 1. The molecular weight excluding hydrogens is 262 g/mol. The zero-order valence-corrected chi connectivity index (χ0v) is 13.3. The Bertz CT molecular complexity index is 535. The van der Waals surface area contributed by atoms with Gasteiger partial charge in [0.05, 0.1) is 0 Å². The van der Waals surface area contributed by atoms with Crippen LogP contribution in [0.5, 0.6) is 0 Å². The molecule has 4 heteroatoms. The smallest absolute Gasteiger partial charge is 0.226 e. The summed E-state index contributed by atoms with van der Waals surface area (Å²) < 4.78 is 0. The summed E-state index contributed by atoms with van der Waals surface area (Å²) in [7, 11) is 4.16. The van der Waals surface area contributed by atoms with Gasteiger partial charge in [-0.15, -0.1) is 0 Å². The molecule has 0 spiro atoms. The SMILES string of the molecule is CC1CC(C(=O)N2CCc3c(CN(C)C)cncc3C2)C1. The fraction of sp³-hybridized carbons (Fsp3) is 0.647. The molecule has 0 aromatic carbocycles. The van der Waals surface area contributed by atoms with Gasteiger partial charge in [0, 0.05) is 37.9 Å². The molecule has 0 unspecified atom stereocenters. The molecule has 1 aliphatic heterocycles. The highest BCUT2D eigenvalue weighted by atomic mass is 16.2. The van der Waals surface area contributed by atoms with Crippen molar-refractivity contribution in [3.8, 4) is 0 Å². The van der Waals surface area contributed by atoms with Crippen molar-refractivity contribution in [3.05, 3.63) is 29.1 Å². The average Bonchev–Trinajstić information content (AvgIpc) is 2.42. The van der Waals surface area contributed by atoms with E-state index in [1.165, 1.54) is 16.7 Å². The highest BCUT2D eigenvalue weighted by Crippen LogP contribution is 2.35. The third kappa shape index (κ3) is 2.95. The Labute approximate surface area is 127 Å². The molecule has 1 aromatic rings. The fourth-order valence-corrected chi connectivity index (χ4v) is 3.60. The molecule has 1 saturated carbocycles. The minimum Gasteiger partial charge on any atom is -0.338 e. The summed E-state index contributed by atoms with van der Waals surface area (Å²) >= 11 is 0. The van der Waals surface area contributed by atoms with Crippen LogP contribution in [0, 0.1) is 11.8 Å². The molecule has 4 nitrogen and oxygen atoms in total. The maximum absolute atomic E-state index is 12.5. The van der Waals surface area contributed by atoms with Crippen molar-refractivity contribution in [2.45, 2.75) is 39.3 Å². The number of nitrogens with zero attached hydrogens (tertiary/aromatic N) is 3. The topological polar surface area (TPSA) is 36.4 Å². The predicted molar refractivity (Wildman–Crippen MR) is 82.6 cm³/mol. The number of rotatable bonds is 3. The quantitative estimate of drug-likeness (QED) is 0.854. The van der Waals surface area contributed by atoms with E-state index in [0.29, 0.717) is 5.91 Å². The first kappa shape index (κ1) is 14.5. The highest BCUT2D eigenvalue weighted by Gasteiger charge is 2.35. The summed E-state index contributed by atoms with van der Waals surface area (Å²) in [5, 5.41) is 0. The molecule has 0 saturated heterocycles. The number of aromatic nitrogens is 1. The lowest BCUT2D eigenvalue weighted by molar-refractivity contribution is -0.140. The second kappa shape index (κ2) is 5.76. The minimum absolute atomic E-state index is 0.277.